The van der Waals surface area contributed by atoms with Gasteiger partial charge in [0.2, 0.25) is 0 Å². The highest BCUT2D eigenvalue weighted by molar-refractivity contribution is 9.10. The average Bonchev–Trinajstić information content (AvgIpc) is 2.14. The van der Waals surface area contributed by atoms with Crippen molar-refractivity contribution in [1.29, 1.82) is 0 Å². The van der Waals surface area contributed by atoms with Crippen LogP contribution in [0, 0.1) is 11.6 Å². The molecule has 0 aliphatic carbocycles. The lowest BCUT2D eigenvalue weighted by Crippen LogP contribution is -2.23. The van der Waals surface area contributed by atoms with Crippen LogP contribution in [0.2, 0.25) is 0 Å². The summed E-state index contributed by atoms with van der Waals surface area (Å²) in [6, 6.07) is 2.53. The second-order valence-electron chi connectivity index (χ2n) is 3.76. The summed E-state index contributed by atoms with van der Waals surface area (Å²) in [5.41, 5.74) is -0.0354. The van der Waals surface area contributed by atoms with Gasteiger partial charge in [0.1, 0.15) is 0 Å². The maximum absolute atomic E-state index is 13.2. The Bertz CT molecular complexity index is 350. The highest BCUT2D eigenvalue weighted by Gasteiger charge is 2.24. The Morgan fingerprint density at radius 1 is 1.36 bits per heavy atom. The molecule has 14 heavy (non-hydrogen) atoms. The van der Waals surface area contributed by atoms with Crippen molar-refractivity contribution < 1.29 is 13.9 Å². The van der Waals surface area contributed by atoms with Gasteiger partial charge in [-0.25, -0.2) is 8.78 Å². The first kappa shape index (κ1) is 11.6. The molecular formula is C10H11BrF2O. The Hall–Kier alpha value is -0.480. The van der Waals surface area contributed by atoms with Crippen LogP contribution in [0.5, 0.6) is 0 Å². The molecule has 78 valence electrons. The lowest BCUT2D eigenvalue weighted by Gasteiger charge is -2.23. The third kappa shape index (κ3) is 1.96. The Morgan fingerprint density at radius 3 is 2.43 bits per heavy atom. The van der Waals surface area contributed by atoms with E-state index in [0.29, 0.717) is 5.56 Å². The van der Waals surface area contributed by atoms with E-state index in [1.54, 1.807) is 13.8 Å². The fourth-order valence-electron chi connectivity index (χ4n) is 1.13. The summed E-state index contributed by atoms with van der Waals surface area (Å²) in [5.74, 6) is -1.81. The molecule has 0 aromatic heterocycles. The predicted molar refractivity (Wildman–Crippen MR) is 54.2 cm³/mol. The van der Waals surface area contributed by atoms with Gasteiger partial charge < -0.3 is 5.11 Å². The van der Waals surface area contributed by atoms with Crippen LogP contribution < -0.4 is 0 Å². The molecule has 0 saturated carbocycles. The van der Waals surface area contributed by atoms with Gasteiger partial charge in [0, 0.05) is 5.41 Å². The van der Waals surface area contributed by atoms with E-state index in [1.165, 1.54) is 6.07 Å². The first-order valence-corrected chi connectivity index (χ1v) is 4.94. The third-order valence-electron chi connectivity index (χ3n) is 2.16. The normalized spacial score (nSPS) is 11.9. The van der Waals surface area contributed by atoms with Crippen LogP contribution in [0.4, 0.5) is 8.78 Å². The minimum Gasteiger partial charge on any atom is -0.395 e. The van der Waals surface area contributed by atoms with Gasteiger partial charge in [-0.15, -0.1) is 0 Å². The number of hydrogen-bond acceptors (Lipinski definition) is 1. The monoisotopic (exact) mass is 264 g/mol. The van der Waals surface area contributed by atoms with Crippen molar-refractivity contribution >= 4 is 15.9 Å². The van der Waals surface area contributed by atoms with Crippen molar-refractivity contribution in [2.24, 2.45) is 0 Å². The molecule has 0 amide bonds. The third-order valence-corrected chi connectivity index (χ3v) is 2.93. The van der Waals surface area contributed by atoms with Crippen molar-refractivity contribution in [2.45, 2.75) is 19.3 Å². The molecule has 0 aliphatic rings. The molecule has 0 heterocycles. The summed E-state index contributed by atoms with van der Waals surface area (Å²) < 4.78 is 26.0. The minimum atomic E-state index is -0.913. The van der Waals surface area contributed by atoms with Crippen LogP contribution in [0.25, 0.3) is 0 Å². The summed E-state index contributed by atoms with van der Waals surface area (Å²) in [5, 5.41) is 9.10. The van der Waals surface area contributed by atoms with Gasteiger partial charge in [-0.05, 0) is 27.6 Å². The Morgan fingerprint density at radius 2 is 1.93 bits per heavy atom. The van der Waals surface area contributed by atoms with Crippen LogP contribution >= 0.6 is 15.9 Å². The van der Waals surface area contributed by atoms with E-state index in [-0.39, 0.29) is 11.1 Å². The van der Waals surface area contributed by atoms with E-state index in [9.17, 15) is 8.78 Å². The van der Waals surface area contributed by atoms with Crippen LogP contribution in [-0.4, -0.2) is 11.7 Å². The number of aliphatic hydroxyl groups excluding tert-OH is 1. The zero-order valence-electron chi connectivity index (χ0n) is 7.94. The van der Waals surface area contributed by atoms with E-state index in [4.69, 9.17) is 5.11 Å². The average molecular weight is 265 g/mol. The van der Waals surface area contributed by atoms with Gasteiger partial charge in [0.25, 0.3) is 0 Å². The summed E-state index contributed by atoms with van der Waals surface area (Å²) in [6.07, 6.45) is 0. The second kappa shape index (κ2) is 3.95. The maximum atomic E-state index is 13.2. The predicted octanol–water partition coefficient (Wildman–Crippen LogP) is 3.00. The molecule has 0 fully saturated rings. The molecule has 4 heteroatoms. The molecular weight excluding hydrogens is 254 g/mol. The van der Waals surface area contributed by atoms with Crippen molar-refractivity contribution in [3.63, 3.8) is 0 Å². The summed E-state index contributed by atoms with van der Waals surface area (Å²) in [7, 11) is 0. The lowest BCUT2D eigenvalue weighted by atomic mass is 9.85. The van der Waals surface area contributed by atoms with Crippen LogP contribution in [0.3, 0.4) is 0 Å². The fraction of sp³-hybridized carbons (Fsp3) is 0.400. The molecule has 0 saturated heterocycles. The minimum absolute atomic E-state index is 0.0801. The molecule has 1 aromatic rings. The van der Waals surface area contributed by atoms with Crippen LogP contribution in [-0.2, 0) is 5.41 Å². The topological polar surface area (TPSA) is 20.2 Å². The smallest absolute Gasteiger partial charge is 0.173 e. The maximum Gasteiger partial charge on any atom is 0.173 e. The highest BCUT2D eigenvalue weighted by atomic mass is 79.9. The summed E-state index contributed by atoms with van der Waals surface area (Å²) in [6.45, 7) is 3.38. The van der Waals surface area contributed by atoms with Gasteiger partial charge >= 0.3 is 0 Å². The van der Waals surface area contributed by atoms with E-state index < -0.39 is 17.0 Å². The number of halogens is 3. The quantitative estimate of drug-likeness (QED) is 0.815. The Balaban J connectivity index is 3.31. The molecule has 1 rings (SSSR count). The van der Waals surface area contributed by atoms with Crippen molar-refractivity contribution in [1.82, 2.24) is 0 Å². The largest absolute Gasteiger partial charge is 0.395 e. The first-order chi connectivity index (χ1) is 6.40. The number of rotatable bonds is 2. The molecule has 0 aliphatic heterocycles. The zero-order valence-corrected chi connectivity index (χ0v) is 9.53. The van der Waals surface area contributed by atoms with Crippen molar-refractivity contribution in [3.05, 3.63) is 33.8 Å². The van der Waals surface area contributed by atoms with E-state index in [0.717, 1.165) is 6.07 Å². The Kier molecular flexibility index (Phi) is 3.27. The molecule has 1 nitrogen and oxygen atoms in total. The van der Waals surface area contributed by atoms with Gasteiger partial charge in [-0.3, -0.25) is 0 Å². The molecule has 0 atom stereocenters. The van der Waals surface area contributed by atoms with Gasteiger partial charge in [-0.1, -0.05) is 19.9 Å². The van der Waals surface area contributed by atoms with E-state index in [2.05, 4.69) is 15.9 Å². The van der Waals surface area contributed by atoms with Crippen LogP contribution in [0.1, 0.15) is 19.4 Å². The summed E-state index contributed by atoms with van der Waals surface area (Å²) in [4.78, 5) is 0. The Labute approximate surface area is 89.9 Å². The van der Waals surface area contributed by atoms with Crippen LogP contribution in [0.15, 0.2) is 16.6 Å². The second-order valence-corrected chi connectivity index (χ2v) is 4.56. The highest BCUT2D eigenvalue weighted by Crippen LogP contribution is 2.32. The molecule has 0 unspecified atom stereocenters. The number of aliphatic hydroxyl groups is 1. The standard InChI is InChI=1S/C10H11BrF2O/c1-10(2,5-14)6-3-4-7(12)9(13)8(6)11/h3-4,14H,5H2,1-2H3. The molecule has 0 radical (unpaired) electrons. The first-order valence-electron chi connectivity index (χ1n) is 4.15. The zero-order chi connectivity index (χ0) is 10.9. The molecule has 1 aromatic carbocycles. The van der Waals surface area contributed by atoms with Crippen molar-refractivity contribution in [2.75, 3.05) is 6.61 Å². The number of benzene rings is 1. The van der Waals surface area contributed by atoms with E-state index in [1.807, 2.05) is 0 Å². The lowest BCUT2D eigenvalue weighted by molar-refractivity contribution is 0.217. The molecule has 1 N–H and O–H groups in total. The fourth-order valence-corrected chi connectivity index (χ4v) is 1.99. The van der Waals surface area contributed by atoms with Crippen molar-refractivity contribution in [3.8, 4) is 0 Å². The summed E-state index contributed by atoms with van der Waals surface area (Å²) >= 11 is 2.98. The number of hydrogen-bond donors (Lipinski definition) is 1. The molecule has 0 bridgehead atoms. The van der Waals surface area contributed by atoms with Gasteiger partial charge in [0.15, 0.2) is 11.6 Å². The molecule has 0 spiro atoms. The van der Waals surface area contributed by atoms with E-state index >= 15 is 0 Å². The SMILES string of the molecule is CC(C)(CO)c1ccc(F)c(F)c1Br. The van der Waals surface area contributed by atoms with Gasteiger partial charge in [0.05, 0.1) is 11.1 Å². The van der Waals surface area contributed by atoms with Gasteiger partial charge in [-0.2, -0.15) is 0 Å².